The van der Waals surface area contributed by atoms with Crippen LogP contribution in [0.4, 0.5) is 0 Å². The van der Waals surface area contributed by atoms with Gasteiger partial charge < -0.3 is 0 Å². The maximum absolute atomic E-state index is 8.60. The molecular weight excluding hydrogens is 242 g/mol. The van der Waals surface area contributed by atoms with Crippen molar-refractivity contribution in [2.24, 2.45) is 0 Å². The molecule has 1 aliphatic carbocycles. The third kappa shape index (κ3) is 2.59. The van der Waals surface area contributed by atoms with Gasteiger partial charge in [0.2, 0.25) is 0 Å². The third-order valence-corrected chi connectivity index (χ3v) is 4.59. The van der Waals surface area contributed by atoms with Gasteiger partial charge in [-0.2, -0.15) is 5.26 Å². The van der Waals surface area contributed by atoms with Gasteiger partial charge in [-0.25, -0.2) is 0 Å². The molecule has 1 aromatic carbocycles. The van der Waals surface area contributed by atoms with Gasteiger partial charge in [0.1, 0.15) is 0 Å². The molecule has 0 aliphatic heterocycles. The Morgan fingerprint density at radius 2 is 1.60 bits per heavy atom. The van der Waals surface area contributed by atoms with Crippen LogP contribution in [0.5, 0.6) is 0 Å². The number of fused-ring (bicyclic) bond motifs is 1. The Bertz CT molecular complexity index is 630. The number of hydrogen-bond donors (Lipinski definition) is 0. The maximum Gasteiger partial charge on any atom is 0.0966 e. The number of nitriles is 1. The lowest BCUT2D eigenvalue weighted by Gasteiger charge is -2.42. The molecule has 104 valence electrons. The van der Waals surface area contributed by atoms with Crippen molar-refractivity contribution >= 4 is 0 Å². The van der Waals surface area contributed by atoms with Crippen LogP contribution < -0.4 is 0 Å². The Morgan fingerprint density at radius 3 is 2.15 bits per heavy atom. The number of nitrogens with zero attached hydrogens (tertiary/aromatic N) is 1. The summed E-state index contributed by atoms with van der Waals surface area (Å²) in [5.74, 6) is 6.09. The molecule has 1 nitrogen and oxygen atoms in total. The van der Waals surface area contributed by atoms with Crippen molar-refractivity contribution in [2.45, 2.75) is 64.7 Å². The van der Waals surface area contributed by atoms with Crippen molar-refractivity contribution in [1.29, 1.82) is 5.26 Å². The Labute approximate surface area is 123 Å². The van der Waals surface area contributed by atoms with Gasteiger partial charge in [-0.15, -0.1) is 0 Å². The van der Waals surface area contributed by atoms with E-state index in [1.807, 2.05) is 0 Å². The average molecular weight is 265 g/mol. The second kappa shape index (κ2) is 4.99. The van der Waals surface area contributed by atoms with Crippen LogP contribution in [-0.4, -0.2) is 0 Å². The number of hydrogen-bond acceptors (Lipinski definition) is 1. The fraction of sp³-hybridized carbons (Fsp3) is 0.526. The molecule has 0 spiro atoms. The van der Waals surface area contributed by atoms with Gasteiger partial charge in [0.15, 0.2) is 0 Å². The van der Waals surface area contributed by atoms with Crippen molar-refractivity contribution in [3.05, 3.63) is 34.4 Å². The first-order chi connectivity index (χ1) is 9.28. The summed E-state index contributed by atoms with van der Waals surface area (Å²) in [5.41, 5.74) is 5.65. The van der Waals surface area contributed by atoms with Crippen molar-refractivity contribution in [1.82, 2.24) is 0 Å². The zero-order valence-electron chi connectivity index (χ0n) is 13.2. The van der Waals surface area contributed by atoms with Crippen molar-refractivity contribution in [3.8, 4) is 17.9 Å². The lowest BCUT2D eigenvalue weighted by molar-refractivity contribution is 0.331. The first-order valence-electron chi connectivity index (χ1n) is 7.29. The third-order valence-electron chi connectivity index (χ3n) is 4.59. The molecule has 1 aliphatic rings. The van der Waals surface area contributed by atoms with Gasteiger partial charge in [-0.05, 0) is 53.4 Å². The van der Waals surface area contributed by atoms with E-state index in [0.717, 1.165) is 5.56 Å². The average Bonchev–Trinajstić information content (AvgIpc) is 2.37. The molecule has 0 radical (unpaired) electrons. The second-order valence-corrected chi connectivity index (χ2v) is 7.12. The largest absolute Gasteiger partial charge is 0.197 e. The zero-order chi connectivity index (χ0) is 15.0. The van der Waals surface area contributed by atoms with E-state index in [4.69, 9.17) is 5.26 Å². The van der Waals surface area contributed by atoms with Gasteiger partial charge in [0.05, 0.1) is 12.5 Å². The Kier molecular flexibility index (Phi) is 3.66. The van der Waals surface area contributed by atoms with Crippen molar-refractivity contribution in [2.75, 3.05) is 0 Å². The molecule has 1 heteroatoms. The number of benzene rings is 1. The van der Waals surface area contributed by atoms with E-state index in [9.17, 15) is 0 Å². The molecule has 0 saturated heterocycles. The van der Waals surface area contributed by atoms with E-state index >= 15 is 0 Å². The normalized spacial score (nSPS) is 18.4. The molecule has 0 amide bonds. The lowest BCUT2D eigenvalue weighted by Crippen LogP contribution is -2.34. The monoisotopic (exact) mass is 265 g/mol. The molecule has 0 N–H and O–H groups in total. The van der Waals surface area contributed by atoms with E-state index in [-0.39, 0.29) is 10.8 Å². The summed E-state index contributed by atoms with van der Waals surface area (Å²) < 4.78 is 0. The van der Waals surface area contributed by atoms with Crippen LogP contribution in [0.2, 0.25) is 0 Å². The molecular formula is C19H23N. The van der Waals surface area contributed by atoms with Crippen molar-refractivity contribution in [3.63, 3.8) is 0 Å². The summed E-state index contributed by atoms with van der Waals surface area (Å²) >= 11 is 0. The summed E-state index contributed by atoms with van der Waals surface area (Å²) in [6.45, 7) is 11.4. The minimum absolute atomic E-state index is 0.213. The van der Waals surface area contributed by atoms with Crippen LogP contribution >= 0.6 is 0 Å². The highest BCUT2D eigenvalue weighted by Crippen LogP contribution is 2.46. The lowest BCUT2D eigenvalue weighted by atomic mass is 9.62. The van der Waals surface area contributed by atoms with Crippen molar-refractivity contribution < 1.29 is 0 Å². The van der Waals surface area contributed by atoms with Gasteiger partial charge >= 0.3 is 0 Å². The molecule has 1 aromatic rings. The van der Waals surface area contributed by atoms with E-state index in [1.165, 1.54) is 29.5 Å². The fourth-order valence-electron chi connectivity index (χ4n) is 3.04. The summed E-state index contributed by atoms with van der Waals surface area (Å²) in [4.78, 5) is 0. The molecule has 0 aromatic heterocycles. The Hall–Kier alpha value is -1.73. The molecule has 0 saturated carbocycles. The maximum atomic E-state index is 8.60. The topological polar surface area (TPSA) is 23.8 Å². The van der Waals surface area contributed by atoms with Gasteiger partial charge in [-0.1, -0.05) is 45.6 Å². The molecule has 0 fully saturated rings. The highest BCUT2D eigenvalue weighted by atomic mass is 14.4. The predicted octanol–water partition coefficient (Wildman–Crippen LogP) is 4.61. The Balaban J connectivity index is 2.59. The van der Waals surface area contributed by atoms with Crippen LogP contribution in [0.25, 0.3) is 0 Å². The standard InChI is InChI=1S/C19H23N/c1-14-12-16-17(13-15(14)8-6-7-11-20)19(4,5)10-9-18(16,2)3/h12-13H,7,9-10H2,1-5H3. The molecule has 20 heavy (non-hydrogen) atoms. The molecule has 0 unspecified atom stereocenters. The fourth-order valence-corrected chi connectivity index (χ4v) is 3.04. The van der Waals surface area contributed by atoms with Gasteiger partial charge in [-0.3, -0.25) is 0 Å². The minimum Gasteiger partial charge on any atom is -0.197 e. The first kappa shape index (κ1) is 14.7. The number of aryl methyl sites for hydroxylation is 1. The number of rotatable bonds is 0. The minimum atomic E-state index is 0.213. The van der Waals surface area contributed by atoms with Gasteiger partial charge in [0.25, 0.3) is 0 Å². The quantitative estimate of drug-likeness (QED) is 0.628. The van der Waals surface area contributed by atoms with Crippen LogP contribution in [0, 0.1) is 30.1 Å². The highest BCUT2D eigenvalue weighted by Gasteiger charge is 2.37. The summed E-state index contributed by atoms with van der Waals surface area (Å²) in [6.07, 6.45) is 2.73. The van der Waals surface area contributed by atoms with E-state index in [0.29, 0.717) is 6.42 Å². The van der Waals surface area contributed by atoms with E-state index in [2.05, 4.69) is 64.7 Å². The zero-order valence-corrected chi connectivity index (χ0v) is 13.2. The van der Waals surface area contributed by atoms with Gasteiger partial charge in [0, 0.05) is 5.56 Å². The summed E-state index contributed by atoms with van der Waals surface area (Å²) in [6, 6.07) is 6.65. The van der Waals surface area contributed by atoms with E-state index < -0.39 is 0 Å². The van der Waals surface area contributed by atoms with Crippen LogP contribution in [0.3, 0.4) is 0 Å². The summed E-state index contributed by atoms with van der Waals surface area (Å²) in [5, 5.41) is 8.60. The second-order valence-electron chi connectivity index (χ2n) is 7.12. The first-order valence-corrected chi connectivity index (χ1v) is 7.29. The van der Waals surface area contributed by atoms with Crippen LogP contribution in [0.15, 0.2) is 12.1 Å². The Morgan fingerprint density at radius 1 is 1.05 bits per heavy atom. The summed E-state index contributed by atoms with van der Waals surface area (Å²) in [7, 11) is 0. The predicted molar refractivity (Wildman–Crippen MR) is 83.6 cm³/mol. The SMILES string of the molecule is Cc1cc2c(cc1C#CCC#N)C(C)(C)CCC2(C)C. The van der Waals surface area contributed by atoms with Crippen LogP contribution in [-0.2, 0) is 10.8 Å². The smallest absolute Gasteiger partial charge is 0.0966 e. The highest BCUT2D eigenvalue weighted by molar-refractivity contribution is 5.52. The molecule has 0 heterocycles. The molecule has 2 rings (SSSR count). The molecule has 0 bridgehead atoms. The van der Waals surface area contributed by atoms with Crippen LogP contribution in [0.1, 0.15) is 69.2 Å². The molecule has 0 atom stereocenters. The van der Waals surface area contributed by atoms with E-state index in [1.54, 1.807) is 0 Å².